The average molecular weight is 272 g/mol. The van der Waals surface area contributed by atoms with Gasteiger partial charge >= 0.3 is 0 Å². The molecule has 0 bridgehead atoms. The lowest BCUT2D eigenvalue weighted by molar-refractivity contribution is 0.900. The van der Waals surface area contributed by atoms with E-state index in [-0.39, 0.29) is 0 Å². The second kappa shape index (κ2) is 6.24. The first kappa shape index (κ1) is 13.4. The fourth-order valence-electron chi connectivity index (χ4n) is 1.66. The van der Waals surface area contributed by atoms with Crippen molar-refractivity contribution in [1.82, 2.24) is 15.7 Å². The van der Waals surface area contributed by atoms with Crippen LogP contribution in [-0.2, 0) is 0 Å². The highest BCUT2D eigenvalue weighted by atomic mass is 32.1. The molecule has 0 spiro atoms. The van der Waals surface area contributed by atoms with Crippen molar-refractivity contribution in [2.45, 2.75) is 13.8 Å². The molecule has 0 atom stereocenters. The van der Waals surface area contributed by atoms with Gasteiger partial charge in [0.25, 0.3) is 0 Å². The van der Waals surface area contributed by atoms with Crippen LogP contribution in [0, 0.1) is 0 Å². The first-order chi connectivity index (χ1) is 9.20. The van der Waals surface area contributed by atoms with Crippen LogP contribution in [0.25, 0.3) is 10.9 Å². The van der Waals surface area contributed by atoms with E-state index in [0.29, 0.717) is 5.11 Å². The Bertz CT molecular complexity index is 622. The molecule has 0 saturated carbocycles. The molecule has 19 heavy (non-hydrogen) atoms. The summed E-state index contributed by atoms with van der Waals surface area (Å²) < 4.78 is 0. The molecule has 0 saturated heterocycles. The van der Waals surface area contributed by atoms with Gasteiger partial charge in [0, 0.05) is 11.9 Å². The summed E-state index contributed by atoms with van der Waals surface area (Å²) in [5.74, 6) is 0. The second-order valence-electron chi connectivity index (χ2n) is 4.06. The van der Waals surface area contributed by atoms with Crippen molar-refractivity contribution in [3.8, 4) is 0 Å². The van der Waals surface area contributed by atoms with Crippen molar-refractivity contribution < 1.29 is 0 Å². The molecule has 0 aliphatic carbocycles. The Balaban J connectivity index is 2.19. The summed E-state index contributed by atoms with van der Waals surface area (Å²) in [5, 5.41) is 8.83. The number of rotatable bonds is 3. The Morgan fingerprint density at radius 2 is 2.05 bits per heavy atom. The summed E-state index contributed by atoms with van der Waals surface area (Å²) >= 11 is 5.05. The van der Waals surface area contributed by atoms with E-state index < -0.39 is 0 Å². The zero-order valence-corrected chi connectivity index (χ0v) is 11.8. The highest BCUT2D eigenvalue weighted by Gasteiger charge is 2.01. The van der Waals surface area contributed by atoms with Crippen LogP contribution in [0.2, 0.25) is 0 Å². The maximum atomic E-state index is 5.05. The van der Waals surface area contributed by atoms with Crippen LogP contribution in [0.15, 0.2) is 41.5 Å². The largest absolute Gasteiger partial charge is 0.362 e. The number of benzene rings is 1. The lowest BCUT2D eigenvalue weighted by atomic mass is 10.2. The molecule has 2 N–H and O–H groups in total. The number of nitrogens with one attached hydrogen (secondary N) is 2. The predicted molar refractivity (Wildman–Crippen MR) is 83.4 cm³/mol. The summed E-state index contributed by atoms with van der Waals surface area (Å²) in [5.41, 5.74) is 5.40. The molecule has 98 valence electrons. The van der Waals surface area contributed by atoms with E-state index in [1.807, 2.05) is 50.2 Å². The molecular weight excluding hydrogens is 256 g/mol. The summed E-state index contributed by atoms with van der Waals surface area (Å²) in [6.07, 6.45) is 0. The topological polar surface area (TPSA) is 49.3 Å². The van der Waals surface area contributed by atoms with E-state index in [9.17, 15) is 0 Å². The monoisotopic (exact) mass is 272 g/mol. The Morgan fingerprint density at radius 3 is 2.84 bits per heavy atom. The number of hydrogen-bond acceptors (Lipinski definition) is 3. The fraction of sp³-hybridized carbons (Fsp3) is 0.214. The molecule has 2 rings (SSSR count). The number of pyridine rings is 1. The van der Waals surface area contributed by atoms with Crippen molar-refractivity contribution in [1.29, 1.82) is 0 Å². The van der Waals surface area contributed by atoms with Crippen LogP contribution >= 0.6 is 12.2 Å². The van der Waals surface area contributed by atoms with Gasteiger partial charge in [0.05, 0.1) is 16.9 Å². The Hall–Kier alpha value is -2.01. The Kier molecular flexibility index (Phi) is 4.41. The van der Waals surface area contributed by atoms with E-state index in [4.69, 9.17) is 12.2 Å². The molecule has 5 heteroatoms. The zero-order chi connectivity index (χ0) is 13.7. The van der Waals surface area contributed by atoms with Crippen LogP contribution in [0.5, 0.6) is 0 Å². The first-order valence-electron chi connectivity index (χ1n) is 6.15. The molecule has 0 amide bonds. The van der Waals surface area contributed by atoms with Gasteiger partial charge in [0.1, 0.15) is 0 Å². The summed E-state index contributed by atoms with van der Waals surface area (Å²) in [6.45, 7) is 4.66. The molecule has 1 aromatic carbocycles. The quantitative estimate of drug-likeness (QED) is 0.512. The average Bonchev–Trinajstić information content (AvgIpc) is 2.44. The van der Waals surface area contributed by atoms with E-state index in [1.54, 1.807) is 0 Å². The Morgan fingerprint density at radius 1 is 1.26 bits per heavy atom. The molecule has 0 radical (unpaired) electrons. The van der Waals surface area contributed by atoms with Crippen molar-refractivity contribution >= 4 is 33.9 Å². The molecule has 0 fully saturated rings. The van der Waals surface area contributed by atoms with Gasteiger partial charge in [0.2, 0.25) is 0 Å². The van der Waals surface area contributed by atoms with Crippen molar-refractivity contribution in [2.24, 2.45) is 5.10 Å². The van der Waals surface area contributed by atoms with E-state index in [1.165, 1.54) is 0 Å². The van der Waals surface area contributed by atoms with Crippen LogP contribution < -0.4 is 10.7 Å². The van der Waals surface area contributed by atoms with Gasteiger partial charge in [-0.05, 0) is 38.2 Å². The number of nitrogens with zero attached hydrogens (tertiary/aromatic N) is 2. The normalized spacial score (nSPS) is 11.4. The van der Waals surface area contributed by atoms with Crippen LogP contribution in [0.3, 0.4) is 0 Å². The molecule has 2 aromatic rings. The number of fused-ring (bicyclic) bond motifs is 1. The number of para-hydroxylation sites is 1. The van der Waals surface area contributed by atoms with Crippen molar-refractivity contribution in [3.05, 3.63) is 42.1 Å². The number of aromatic nitrogens is 1. The molecule has 0 aliphatic heterocycles. The molecular formula is C14H16N4S. The smallest absolute Gasteiger partial charge is 0.186 e. The van der Waals surface area contributed by atoms with Crippen molar-refractivity contribution in [3.63, 3.8) is 0 Å². The van der Waals surface area contributed by atoms with E-state index >= 15 is 0 Å². The first-order valence-corrected chi connectivity index (χ1v) is 6.56. The second-order valence-corrected chi connectivity index (χ2v) is 4.47. The lowest BCUT2D eigenvalue weighted by Crippen LogP contribution is -2.32. The van der Waals surface area contributed by atoms with Gasteiger partial charge in [-0.15, -0.1) is 0 Å². The van der Waals surface area contributed by atoms with Gasteiger partial charge in [-0.3, -0.25) is 5.43 Å². The number of thiocarbonyl (C=S) groups is 1. The third-order valence-corrected chi connectivity index (χ3v) is 2.87. The minimum Gasteiger partial charge on any atom is -0.362 e. The molecule has 1 heterocycles. The number of hydrazone groups is 1. The van der Waals surface area contributed by atoms with Gasteiger partial charge in [-0.25, -0.2) is 4.98 Å². The standard InChI is InChI=1S/C14H16N4S/c1-3-15-14(19)18-17-10(2)12-9-8-11-6-4-5-7-13(11)16-12/h4-9H,3H2,1-2H3,(H2,15,18,19). The minimum atomic E-state index is 0.516. The summed E-state index contributed by atoms with van der Waals surface area (Å²) in [4.78, 5) is 4.56. The summed E-state index contributed by atoms with van der Waals surface area (Å²) in [7, 11) is 0. The third kappa shape index (κ3) is 3.48. The van der Waals surface area contributed by atoms with E-state index in [0.717, 1.165) is 28.9 Å². The number of hydrogen-bond donors (Lipinski definition) is 2. The predicted octanol–water partition coefficient (Wildman–Crippen LogP) is 2.44. The highest BCUT2D eigenvalue weighted by Crippen LogP contribution is 2.12. The minimum absolute atomic E-state index is 0.516. The van der Waals surface area contributed by atoms with Gasteiger partial charge in [-0.2, -0.15) is 5.10 Å². The van der Waals surface area contributed by atoms with Crippen LogP contribution in [-0.4, -0.2) is 22.4 Å². The van der Waals surface area contributed by atoms with E-state index in [2.05, 4.69) is 20.8 Å². The third-order valence-electron chi connectivity index (χ3n) is 2.63. The maximum Gasteiger partial charge on any atom is 0.186 e. The summed E-state index contributed by atoms with van der Waals surface area (Å²) in [6, 6.07) is 12.0. The SMILES string of the molecule is CCNC(=S)NN=C(C)c1ccc2ccccc2n1. The highest BCUT2D eigenvalue weighted by molar-refractivity contribution is 7.80. The zero-order valence-electron chi connectivity index (χ0n) is 11.0. The lowest BCUT2D eigenvalue weighted by Gasteiger charge is -2.06. The molecule has 0 unspecified atom stereocenters. The molecule has 4 nitrogen and oxygen atoms in total. The van der Waals surface area contributed by atoms with Gasteiger partial charge in [-0.1, -0.05) is 24.3 Å². The van der Waals surface area contributed by atoms with Gasteiger partial charge in [0.15, 0.2) is 5.11 Å². The maximum absolute atomic E-state index is 5.05. The van der Waals surface area contributed by atoms with Crippen LogP contribution in [0.4, 0.5) is 0 Å². The molecule has 0 aliphatic rings. The Labute approximate surface area is 117 Å². The van der Waals surface area contributed by atoms with Gasteiger partial charge < -0.3 is 5.32 Å². The van der Waals surface area contributed by atoms with Crippen LogP contribution in [0.1, 0.15) is 19.5 Å². The fourth-order valence-corrected chi connectivity index (χ4v) is 1.85. The van der Waals surface area contributed by atoms with Crippen molar-refractivity contribution in [2.75, 3.05) is 6.54 Å². The molecule has 1 aromatic heterocycles.